The maximum absolute atomic E-state index is 2.37. The molecule has 0 heterocycles. The Labute approximate surface area is 86.5 Å². The van der Waals surface area contributed by atoms with Gasteiger partial charge in [-0.05, 0) is 31.4 Å². The summed E-state index contributed by atoms with van der Waals surface area (Å²) in [5, 5.41) is 0.765. The largest absolute Gasteiger partial charge is 0.158 e. The first kappa shape index (κ1) is 10.9. The second kappa shape index (κ2) is 4.90. The molecule has 13 heavy (non-hydrogen) atoms. The van der Waals surface area contributed by atoms with E-state index < -0.39 is 0 Å². The first-order valence-corrected chi connectivity index (χ1v) is 6.35. The second-order valence-electron chi connectivity index (χ2n) is 3.92. The molecule has 0 aromatic rings. The lowest BCUT2D eigenvalue weighted by atomic mass is 9.97. The number of allylic oxidation sites excluding steroid dienone is 3. The summed E-state index contributed by atoms with van der Waals surface area (Å²) in [4.78, 5) is 0. The van der Waals surface area contributed by atoms with Gasteiger partial charge >= 0.3 is 0 Å². The van der Waals surface area contributed by atoms with Gasteiger partial charge in [-0.1, -0.05) is 37.6 Å². The van der Waals surface area contributed by atoms with E-state index in [4.69, 9.17) is 0 Å². The molecule has 0 N–H and O–H groups in total. The molecule has 1 heteroatoms. The van der Waals surface area contributed by atoms with Crippen LogP contribution in [0, 0.1) is 11.8 Å². The van der Waals surface area contributed by atoms with E-state index >= 15 is 0 Å². The SMILES string of the molecule is C/C=C/C=C1\C(C)C(C)C[C@H]1SC. The predicted molar refractivity (Wildman–Crippen MR) is 63.1 cm³/mol. The molecule has 2 unspecified atom stereocenters. The van der Waals surface area contributed by atoms with Crippen LogP contribution in [0.3, 0.4) is 0 Å². The van der Waals surface area contributed by atoms with Crippen LogP contribution in [0.2, 0.25) is 0 Å². The average Bonchev–Trinajstić information content (AvgIpc) is 2.40. The molecule has 3 atom stereocenters. The highest BCUT2D eigenvalue weighted by Crippen LogP contribution is 2.41. The van der Waals surface area contributed by atoms with Crippen LogP contribution in [-0.4, -0.2) is 11.5 Å². The Morgan fingerprint density at radius 3 is 2.62 bits per heavy atom. The van der Waals surface area contributed by atoms with E-state index in [0.717, 1.165) is 17.1 Å². The highest BCUT2D eigenvalue weighted by Gasteiger charge is 2.31. The predicted octanol–water partition coefficient (Wildman–Crippen LogP) is 3.90. The lowest BCUT2D eigenvalue weighted by molar-refractivity contribution is 0.494. The van der Waals surface area contributed by atoms with Crippen molar-refractivity contribution in [1.82, 2.24) is 0 Å². The lowest BCUT2D eigenvalue weighted by Gasteiger charge is -2.11. The molecule has 74 valence electrons. The van der Waals surface area contributed by atoms with Crippen molar-refractivity contribution in [2.45, 2.75) is 32.4 Å². The third-order valence-corrected chi connectivity index (χ3v) is 4.14. The molecular formula is C12H20S. The summed E-state index contributed by atoms with van der Waals surface area (Å²) in [5.74, 6) is 1.63. The van der Waals surface area contributed by atoms with Gasteiger partial charge in [0.15, 0.2) is 0 Å². The van der Waals surface area contributed by atoms with Gasteiger partial charge in [0, 0.05) is 5.25 Å². The van der Waals surface area contributed by atoms with Crippen molar-refractivity contribution >= 4 is 11.8 Å². The van der Waals surface area contributed by atoms with Crippen LogP contribution in [-0.2, 0) is 0 Å². The first-order chi connectivity index (χ1) is 6.20. The summed E-state index contributed by atoms with van der Waals surface area (Å²) < 4.78 is 0. The van der Waals surface area contributed by atoms with Gasteiger partial charge in [-0.15, -0.1) is 0 Å². The van der Waals surface area contributed by atoms with Crippen LogP contribution >= 0.6 is 11.8 Å². The Balaban J connectivity index is 2.79. The van der Waals surface area contributed by atoms with Crippen LogP contribution in [0.25, 0.3) is 0 Å². The fourth-order valence-electron chi connectivity index (χ4n) is 2.00. The Morgan fingerprint density at radius 1 is 1.38 bits per heavy atom. The minimum Gasteiger partial charge on any atom is -0.158 e. The minimum atomic E-state index is 0.765. The van der Waals surface area contributed by atoms with Gasteiger partial charge < -0.3 is 0 Å². The monoisotopic (exact) mass is 196 g/mol. The quantitative estimate of drug-likeness (QED) is 0.645. The Hall–Kier alpha value is -0.170. The molecule has 0 radical (unpaired) electrons. The summed E-state index contributed by atoms with van der Waals surface area (Å²) in [6, 6.07) is 0. The molecule has 0 aromatic carbocycles. The van der Waals surface area contributed by atoms with Crippen molar-refractivity contribution in [2.75, 3.05) is 6.26 Å². The van der Waals surface area contributed by atoms with Gasteiger partial charge in [-0.2, -0.15) is 11.8 Å². The molecule has 0 spiro atoms. The summed E-state index contributed by atoms with van der Waals surface area (Å²) in [6.07, 6.45) is 10.2. The summed E-state index contributed by atoms with van der Waals surface area (Å²) >= 11 is 2.00. The van der Waals surface area contributed by atoms with Gasteiger partial charge in [0.1, 0.15) is 0 Å². The fourth-order valence-corrected chi connectivity index (χ4v) is 3.06. The van der Waals surface area contributed by atoms with Crippen LogP contribution in [0.15, 0.2) is 23.8 Å². The molecule has 0 amide bonds. The summed E-state index contributed by atoms with van der Waals surface area (Å²) in [7, 11) is 0. The van der Waals surface area contributed by atoms with Gasteiger partial charge in [-0.25, -0.2) is 0 Å². The van der Waals surface area contributed by atoms with Gasteiger partial charge in [0.2, 0.25) is 0 Å². The molecule has 0 saturated heterocycles. The van der Waals surface area contributed by atoms with E-state index in [2.05, 4.69) is 45.3 Å². The topological polar surface area (TPSA) is 0 Å². The van der Waals surface area contributed by atoms with Crippen LogP contribution in [0.4, 0.5) is 0 Å². The third-order valence-electron chi connectivity index (χ3n) is 3.10. The van der Waals surface area contributed by atoms with E-state index in [1.807, 2.05) is 11.8 Å². The van der Waals surface area contributed by atoms with Crippen molar-refractivity contribution in [3.8, 4) is 0 Å². The van der Waals surface area contributed by atoms with Crippen molar-refractivity contribution in [3.05, 3.63) is 23.8 Å². The molecule has 0 nitrogen and oxygen atoms in total. The molecule has 0 bridgehead atoms. The second-order valence-corrected chi connectivity index (χ2v) is 4.96. The van der Waals surface area contributed by atoms with E-state index in [0.29, 0.717) is 0 Å². The zero-order chi connectivity index (χ0) is 9.84. The van der Waals surface area contributed by atoms with Crippen LogP contribution in [0.1, 0.15) is 27.2 Å². The van der Waals surface area contributed by atoms with Crippen LogP contribution < -0.4 is 0 Å². The zero-order valence-electron chi connectivity index (χ0n) is 9.08. The number of hydrogen-bond donors (Lipinski definition) is 0. The van der Waals surface area contributed by atoms with E-state index in [9.17, 15) is 0 Å². The van der Waals surface area contributed by atoms with Gasteiger partial charge in [0.25, 0.3) is 0 Å². The number of rotatable bonds is 2. The molecular weight excluding hydrogens is 176 g/mol. The highest BCUT2D eigenvalue weighted by molar-refractivity contribution is 7.99. The maximum atomic E-state index is 2.37. The van der Waals surface area contributed by atoms with Gasteiger partial charge in [-0.3, -0.25) is 0 Å². The molecule has 1 fully saturated rings. The van der Waals surface area contributed by atoms with E-state index in [-0.39, 0.29) is 0 Å². The third kappa shape index (κ3) is 2.40. The molecule has 1 saturated carbocycles. The standard InChI is InChI=1S/C12H20S/c1-5-6-7-11-10(3)9(2)8-12(11)13-4/h5-7,9-10,12H,8H2,1-4H3/b6-5+,11-7+/t9?,10?,12-/m1/s1. The Bertz CT molecular complexity index is 215. The van der Waals surface area contributed by atoms with E-state index in [1.54, 1.807) is 5.57 Å². The highest BCUT2D eigenvalue weighted by atomic mass is 32.2. The van der Waals surface area contributed by atoms with Crippen molar-refractivity contribution < 1.29 is 0 Å². The maximum Gasteiger partial charge on any atom is 0.0262 e. The molecule has 1 aliphatic rings. The lowest BCUT2D eigenvalue weighted by Crippen LogP contribution is -2.01. The van der Waals surface area contributed by atoms with Crippen molar-refractivity contribution in [1.29, 1.82) is 0 Å². The molecule has 1 rings (SSSR count). The fraction of sp³-hybridized carbons (Fsp3) is 0.667. The first-order valence-electron chi connectivity index (χ1n) is 5.06. The molecule has 1 aliphatic carbocycles. The number of hydrogen-bond acceptors (Lipinski definition) is 1. The van der Waals surface area contributed by atoms with Gasteiger partial charge in [0.05, 0.1) is 0 Å². The minimum absolute atomic E-state index is 0.765. The normalized spacial score (nSPS) is 37.8. The average molecular weight is 196 g/mol. The van der Waals surface area contributed by atoms with Crippen molar-refractivity contribution in [3.63, 3.8) is 0 Å². The Morgan fingerprint density at radius 2 is 2.08 bits per heavy atom. The van der Waals surface area contributed by atoms with Crippen LogP contribution in [0.5, 0.6) is 0 Å². The number of thioether (sulfide) groups is 1. The van der Waals surface area contributed by atoms with E-state index in [1.165, 1.54) is 6.42 Å². The summed E-state index contributed by atoms with van der Waals surface area (Å²) in [6.45, 7) is 6.80. The zero-order valence-corrected chi connectivity index (χ0v) is 9.90. The summed E-state index contributed by atoms with van der Waals surface area (Å²) in [5.41, 5.74) is 1.64. The smallest absolute Gasteiger partial charge is 0.0262 e. The molecule has 0 aliphatic heterocycles. The van der Waals surface area contributed by atoms with Crippen molar-refractivity contribution in [2.24, 2.45) is 11.8 Å². The molecule has 0 aromatic heterocycles. The Kier molecular flexibility index (Phi) is 4.11.